The van der Waals surface area contributed by atoms with Crippen LogP contribution in [0.2, 0.25) is 0 Å². The van der Waals surface area contributed by atoms with Gasteiger partial charge in [0.2, 0.25) is 0 Å². The predicted octanol–water partition coefficient (Wildman–Crippen LogP) is 2.86. The minimum Gasteiger partial charge on any atom is -0.361 e. The Morgan fingerprint density at radius 1 is 1.22 bits per heavy atom. The van der Waals surface area contributed by atoms with Crippen LogP contribution in [-0.4, -0.2) is 55.3 Å². The first kappa shape index (κ1) is 18.5. The van der Waals surface area contributed by atoms with Gasteiger partial charge in [-0.25, -0.2) is 9.38 Å². The third kappa shape index (κ3) is 4.30. The van der Waals surface area contributed by atoms with Crippen molar-refractivity contribution in [2.75, 3.05) is 39.0 Å². The topological polar surface area (TPSA) is 71.7 Å². The summed E-state index contributed by atoms with van der Waals surface area (Å²) in [7, 11) is 3.89. The number of benzene rings is 2. The molecular weight excluding hydrogens is 345 g/mol. The molecule has 0 spiro atoms. The third-order valence-corrected chi connectivity index (χ3v) is 4.40. The molecule has 2 aromatic carbocycles. The van der Waals surface area contributed by atoms with Crippen LogP contribution in [0.3, 0.4) is 0 Å². The van der Waals surface area contributed by atoms with Crippen LogP contribution < -0.4 is 5.32 Å². The maximum atomic E-state index is 14.2. The molecule has 138 valence electrons. The average molecular weight is 365 g/mol. The van der Waals surface area contributed by atoms with Gasteiger partial charge >= 0.3 is 0 Å². The van der Waals surface area contributed by atoms with Crippen LogP contribution in [0.1, 0.15) is 15.9 Å². The van der Waals surface area contributed by atoms with Gasteiger partial charge in [0.1, 0.15) is 17.7 Å². The van der Waals surface area contributed by atoms with E-state index in [9.17, 15) is 9.18 Å². The number of hydrogen-bond acceptors (Lipinski definition) is 4. The molecule has 1 heterocycles. The maximum Gasteiger partial charge on any atom is 0.257 e. The lowest BCUT2D eigenvalue weighted by Gasteiger charge is -2.32. The summed E-state index contributed by atoms with van der Waals surface area (Å²) in [5.41, 5.74) is 0.785. The van der Waals surface area contributed by atoms with E-state index < -0.39 is 11.7 Å². The number of aliphatic imine (C=N–C) groups is 1. The van der Waals surface area contributed by atoms with E-state index in [4.69, 9.17) is 5.26 Å². The van der Waals surface area contributed by atoms with Crippen LogP contribution in [0.15, 0.2) is 47.5 Å². The molecule has 1 fully saturated rings. The highest BCUT2D eigenvalue weighted by Crippen LogP contribution is 2.25. The van der Waals surface area contributed by atoms with E-state index >= 15 is 0 Å². The van der Waals surface area contributed by atoms with Crippen molar-refractivity contribution < 1.29 is 9.18 Å². The van der Waals surface area contributed by atoms with Crippen LogP contribution in [-0.2, 0) is 0 Å². The summed E-state index contributed by atoms with van der Waals surface area (Å²) in [6, 6.07) is 13.1. The van der Waals surface area contributed by atoms with Crippen molar-refractivity contribution in [1.82, 2.24) is 9.80 Å². The molecule has 0 radical (unpaired) electrons. The highest BCUT2D eigenvalue weighted by molar-refractivity contribution is 6.08. The Hall–Kier alpha value is -3.24. The minimum absolute atomic E-state index is 0.158. The maximum absolute atomic E-state index is 14.2. The monoisotopic (exact) mass is 365 g/mol. The summed E-state index contributed by atoms with van der Waals surface area (Å²) in [5, 5.41) is 11.9. The van der Waals surface area contributed by atoms with Crippen LogP contribution >= 0.6 is 0 Å². The van der Waals surface area contributed by atoms with Gasteiger partial charge in [-0.2, -0.15) is 5.26 Å². The summed E-state index contributed by atoms with van der Waals surface area (Å²) in [6.07, 6.45) is 0. The Balaban J connectivity index is 2.01. The largest absolute Gasteiger partial charge is 0.361 e. The number of amidine groups is 1. The molecule has 0 unspecified atom stereocenters. The molecule has 27 heavy (non-hydrogen) atoms. The quantitative estimate of drug-likeness (QED) is 0.908. The van der Waals surface area contributed by atoms with E-state index in [0.29, 0.717) is 12.2 Å². The Kier molecular flexibility index (Phi) is 5.48. The number of anilines is 1. The first-order valence-electron chi connectivity index (χ1n) is 8.55. The Morgan fingerprint density at radius 2 is 1.96 bits per heavy atom. The van der Waals surface area contributed by atoms with Crippen molar-refractivity contribution in [3.05, 3.63) is 59.4 Å². The number of para-hydroxylation sites is 1. The van der Waals surface area contributed by atoms with Crippen molar-refractivity contribution in [3.63, 3.8) is 0 Å². The number of rotatable bonds is 3. The smallest absolute Gasteiger partial charge is 0.257 e. The van der Waals surface area contributed by atoms with Crippen LogP contribution in [0.25, 0.3) is 0 Å². The van der Waals surface area contributed by atoms with E-state index in [2.05, 4.69) is 15.2 Å². The number of hydrogen-bond donors (Lipinski definition) is 1. The van der Waals surface area contributed by atoms with Crippen molar-refractivity contribution in [1.29, 1.82) is 5.26 Å². The van der Waals surface area contributed by atoms with E-state index in [-0.39, 0.29) is 16.8 Å². The molecular formula is C20H20FN5O. The minimum atomic E-state index is -0.695. The van der Waals surface area contributed by atoms with E-state index in [1.165, 1.54) is 6.07 Å². The zero-order valence-electron chi connectivity index (χ0n) is 15.2. The number of likely N-dealkylation sites (N-methyl/N-ethyl adjacent to an activating group) is 2. The van der Waals surface area contributed by atoms with Gasteiger partial charge in [-0.05, 0) is 25.2 Å². The van der Waals surface area contributed by atoms with Gasteiger partial charge in [0, 0.05) is 31.9 Å². The second kappa shape index (κ2) is 7.98. The van der Waals surface area contributed by atoms with Crippen molar-refractivity contribution in [2.24, 2.45) is 4.99 Å². The number of nitriles is 1. The van der Waals surface area contributed by atoms with Crippen LogP contribution in [0, 0.1) is 17.1 Å². The van der Waals surface area contributed by atoms with Crippen molar-refractivity contribution in [2.45, 2.75) is 0 Å². The summed E-state index contributed by atoms with van der Waals surface area (Å²) in [6.45, 7) is 2.29. The van der Waals surface area contributed by atoms with Gasteiger partial charge < -0.3 is 10.2 Å². The SMILES string of the molecule is CN1CCN(C)/C(=N/c2cc(F)c(C#N)cc2C(=O)Nc2ccccc2)C1. The Bertz CT molecular complexity index is 920. The van der Waals surface area contributed by atoms with Crippen molar-refractivity contribution in [3.8, 4) is 6.07 Å². The number of nitrogens with one attached hydrogen (secondary N) is 1. The lowest BCUT2D eigenvalue weighted by atomic mass is 10.1. The lowest BCUT2D eigenvalue weighted by molar-refractivity contribution is 0.102. The first-order valence-corrected chi connectivity index (χ1v) is 8.55. The van der Waals surface area contributed by atoms with Gasteiger partial charge in [-0.3, -0.25) is 9.69 Å². The second-order valence-corrected chi connectivity index (χ2v) is 6.47. The molecule has 0 bridgehead atoms. The summed E-state index contributed by atoms with van der Waals surface area (Å²) >= 11 is 0. The fourth-order valence-electron chi connectivity index (χ4n) is 2.79. The van der Waals surface area contributed by atoms with Crippen LogP contribution in [0.4, 0.5) is 15.8 Å². The normalized spacial score (nSPS) is 16.2. The van der Waals surface area contributed by atoms with Gasteiger partial charge in [-0.1, -0.05) is 18.2 Å². The lowest BCUT2D eigenvalue weighted by Crippen LogP contribution is -2.46. The zero-order chi connectivity index (χ0) is 19.4. The molecule has 0 aromatic heterocycles. The predicted molar refractivity (Wildman–Crippen MR) is 103 cm³/mol. The number of piperazine rings is 1. The molecule has 0 saturated carbocycles. The fourth-order valence-corrected chi connectivity index (χ4v) is 2.79. The number of halogens is 1. The van der Waals surface area contributed by atoms with E-state index in [1.807, 2.05) is 25.1 Å². The molecule has 1 saturated heterocycles. The summed E-state index contributed by atoms with van der Waals surface area (Å²) in [4.78, 5) is 21.4. The molecule has 3 rings (SSSR count). The number of carbonyl (C=O) groups excluding carboxylic acids is 1. The van der Waals surface area contributed by atoms with E-state index in [1.54, 1.807) is 30.3 Å². The first-order chi connectivity index (χ1) is 13.0. The van der Waals surface area contributed by atoms with Crippen LogP contribution in [0.5, 0.6) is 0 Å². The average Bonchev–Trinajstić information content (AvgIpc) is 2.65. The molecule has 1 amide bonds. The third-order valence-electron chi connectivity index (χ3n) is 4.40. The number of nitrogens with zero attached hydrogens (tertiary/aromatic N) is 4. The summed E-state index contributed by atoms with van der Waals surface area (Å²) in [5.74, 6) is -0.398. The van der Waals surface area contributed by atoms with Gasteiger partial charge in [-0.15, -0.1) is 0 Å². The molecule has 0 atom stereocenters. The molecule has 1 aliphatic heterocycles. The zero-order valence-corrected chi connectivity index (χ0v) is 15.2. The molecule has 2 aromatic rings. The molecule has 6 nitrogen and oxygen atoms in total. The second-order valence-electron chi connectivity index (χ2n) is 6.47. The number of amides is 1. The fraction of sp³-hybridized carbons (Fsp3) is 0.250. The molecule has 7 heteroatoms. The molecule has 0 aliphatic carbocycles. The van der Waals surface area contributed by atoms with E-state index in [0.717, 1.165) is 25.0 Å². The number of carbonyl (C=O) groups is 1. The Morgan fingerprint density at radius 3 is 2.67 bits per heavy atom. The van der Waals surface area contributed by atoms with Gasteiger partial charge in [0.15, 0.2) is 0 Å². The molecule has 1 aliphatic rings. The highest BCUT2D eigenvalue weighted by Gasteiger charge is 2.20. The highest BCUT2D eigenvalue weighted by atomic mass is 19.1. The van der Waals surface area contributed by atoms with Gasteiger partial charge in [0.25, 0.3) is 5.91 Å². The van der Waals surface area contributed by atoms with Gasteiger partial charge in [0.05, 0.1) is 23.4 Å². The standard InChI is InChI=1S/C20H20FN5O/c1-25-8-9-26(2)19(13-25)24-18-11-17(21)14(12-22)10-16(18)20(27)23-15-6-4-3-5-7-15/h3-7,10-11H,8-9,13H2,1-2H3,(H,23,27)/b24-19+. The summed E-state index contributed by atoms with van der Waals surface area (Å²) < 4.78 is 14.2. The van der Waals surface area contributed by atoms with Crippen molar-refractivity contribution >= 4 is 23.1 Å². The molecule has 1 N–H and O–H groups in total. The Labute approximate surface area is 157 Å².